The van der Waals surface area contributed by atoms with Gasteiger partial charge in [0.15, 0.2) is 0 Å². The molecule has 0 saturated heterocycles. The van der Waals surface area contributed by atoms with E-state index in [0.29, 0.717) is 16.8 Å². The summed E-state index contributed by atoms with van der Waals surface area (Å²) in [5.74, 6) is 0.114. The lowest BCUT2D eigenvalue weighted by Crippen LogP contribution is -2.17. The van der Waals surface area contributed by atoms with Gasteiger partial charge in [0.05, 0.1) is 11.4 Å². The number of sulfonamides is 1. The van der Waals surface area contributed by atoms with Gasteiger partial charge in [-0.25, -0.2) is 13.1 Å². The summed E-state index contributed by atoms with van der Waals surface area (Å²) >= 11 is 0. The zero-order valence-electron chi connectivity index (χ0n) is 11.8. The lowest BCUT2D eigenvalue weighted by Gasteiger charge is -2.13. The number of anilines is 2. The first-order valence-electron chi connectivity index (χ1n) is 6.05. The third-order valence-corrected chi connectivity index (χ3v) is 4.89. The van der Waals surface area contributed by atoms with Crippen LogP contribution in [0.4, 0.5) is 11.6 Å². The molecule has 6 nitrogen and oxygen atoms in total. The molecule has 0 bridgehead atoms. The number of nitrogen functional groups attached to an aromatic ring is 1. The Kier molecular flexibility index (Phi) is 3.47. The van der Waals surface area contributed by atoms with E-state index in [1.54, 1.807) is 32.9 Å². The summed E-state index contributed by atoms with van der Waals surface area (Å²) in [7, 11) is -3.82. The number of nitrogens with one attached hydrogen (secondary N) is 1. The number of rotatable bonds is 3. The van der Waals surface area contributed by atoms with Gasteiger partial charge in [0.25, 0.3) is 10.0 Å². The fourth-order valence-electron chi connectivity index (χ4n) is 1.85. The van der Waals surface area contributed by atoms with Crippen LogP contribution in [0, 0.1) is 27.7 Å². The Hall–Kier alpha value is -2.02. The summed E-state index contributed by atoms with van der Waals surface area (Å²) < 4.78 is 32.3. The Labute approximate surface area is 118 Å². The van der Waals surface area contributed by atoms with Crippen molar-refractivity contribution in [3.05, 3.63) is 34.5 Å². The van der Waals surface area contributed by atoms with E-state index in [4.69, 9.17) is 10.3 Å². The summed E-state index contributed by atoms with van der Waals surface area (Å²) in [4.78, 5) is 0.0750. The highest BCUT2D eigenvalue weighted by atomic mass is 32.2. The molecule has 0 spiro atoms. The lowest BCUT2D eigenvalue weighted by atomic mass is 10.1. The van der Waals surface area contributed by atoms with E-state index in [9.17, 15) is 8.42 Å². The molecular formula is C13H17N3O3S. The molecule has 2 rings (SSSR count). The van der Waals surface area contributed by atoms with Crippen molar-refractivity contribution in [3.63, 3.8) is 0 Å². The van der Waals surface area contributed by atoms with Crippen molar-refractivity contribution < 1.29 is 12.9 Å². The Balaban J connectivity index is 2.52. The fourth-order valence-corrected chi connectivity index (χ4v) is 3.33. The van der Waals surface area contributed by atoms with Crippen LogP contribution in [0.5, 0.6) is 0 Å². The number of hydrogen-bond acceptors (Lipinski definition) is 5. The Morgan fingerprint density at radius 3 is 2.35 bits per heavy atom. The van der Waals surface area contributed by atoms with Gasteiger partial charge in [0, 0.05) is 5.56 Å². The van der Waals surface area contributed by atoms with Gasteiger partial charge in [0.2, 0.25) is 5.88 Å². The number of nitrogens with zero attached hydrogens (tertiary/aromatic N) is 1. The van der Waals surface area contributed by atoms with Crippen molar-refractivity contribution >= 4 is 21.6 Å². The maximum absolute atomic E-state index is 12.5. The third kappa shape index (κ3) is 2.36. The average molecular weight is 295 g/mol. The third-order valence-electron chi connectivity index (χ3n) is 3.36. The van der Waals surface area contributed by atoms with Crippen LogP contribution in [0.2, 0.25) is 0 Å². The minimum absolute atomic E-state index is 0.0750. The minimum Gasteiger partial charge on any atom is -0.398 e. The Morgan fingerprint density at radius 1 is 1.15 bits per heavy atom. The van der Waals surface area contributed by atoms with Gasteiger partial charge in [-0.3, -0.25) is 0 Å². The monoisotopic (exact) mass is 295 g/mol. The van der Waals surface area contributed by atoms with E-state index in [2.05, 4.69) is 9.88 Å². The van der Waals surface area contributed by atoms with Gasteiger partial charge in [-0.05, 0) is 44.9 Å². The second-order valence-corrected chi connectivity index (χ2v) is 6.37. The number of hydrogen-bond donors (Lipinski definition) is 2. The predicted molar refractivity (Wildman–Crippen MR) is 77.1 cm³/mol. The van der Waals surface area contributed by atoms with Gasteiger partial charge in [-0.1, -0.05) is 11.2 Å². The van der Waals surface area contributed by atoms with Gasteiger partial charge in [-0.2, -0.15) is 0 Å². The molecular weight excluding hydrogens is 278 g/mol. The standard InChI is InChI=1S/C13H17N3O3S/c1-7-5-6-11(14)12(8(7)2)20(17,18)16-13-9(3)10(4)15-19-13/h5-6,16H,14H2,1-4H3. The highest BCUT2D eigenvalue weighted by Crippen LogP contribution is 2.28. The number of aromatic nitrogens is 1. The first-order chi connectivity index (χ1) is 9.24. The molecule has 1 aromatic carbocycles. The summed E-state index contributed by atoms with van der Waals surface area (Å²) in [5, 5.41) is 3.72. The predicted octanol–water partition coefficient (Wildman–Crippen LogP) is 2.29. The van der Waals surface area contributed by atoms with Crippen molar-refractivity contribution in [1.29, 1.82) is 0 Å². The smallest absolute Gasteiger partial charge is 0.266 e. The lowest BCUT2D eigenvalue weighted by molar-refractivity contribution is 0.430. The molecule has 3 N–H and O–H groups in total. The second kappa shape index (κ2) is 4.82. The van der Waals surface area contributed by atoms with Crippen molar-refractivity contribution in [2.24, 2.45) is 0 Å². The minimum atomic E-state index is -3.82. The Morgan fingerprint density at radius 2 is 1.80 bits per heavy atom. The number of nitrogens with two attached hydrogens (primary N) is 1. The van der Waals surface area contributed by atoms with Crippen LogP contribution in [0.1, 0.15) is 22.4 Å². The van der Waals surface area contributed by atoms with Crippen LogP contribution >= 0.6 is 0 Å². The molecule has 0 unspecified atom stereocenters. The van der Waals surface area contributed by atoms with E-state index in [1.807, 2.05) is 6.92 Å². The van der Waals surface area contributed by atoms with Crippen LogP contribution in [0.25, 0.3) is 0 Å². The SMILES string of the molecule is Cc1ccc(N)c(S(=O)(=O)Nc2onc(C)c2C)c1C. The maximum Gasteiger partial charge on any atom is 0.266 e. The van der Waals surface area contributed by atoms with Crippen molar-refractivity contribution in [1.82, 2.24) is 5.16 Å². The molecule has 0 fully saturated rings. The molecule has 0 radical (unpaired) electrons. The van der Waals surface area contributed by atoms with Crippen LogP contribution in [0.15, 0.2) is 21.6 Å². The van der Waals surface area contributed by atoms with Crippen molar-refractivity contribution in [2.45, 2.75) is 32.6 Å². The first kappa shape index (κ1) is 14.4. The molecule has 2 aromatic rings. The molecule has 1 aromatic heterocycles. The highest BCUT2D eigenvalue weighted by Gasteiger charge is 2.24. The average Bonchev–Trinajstić information content (AvgIpc) is 2.65. The molecule has 7 heteroatoms. The van der Waals surface area contributed by atoms with Crippen LogP contribution < -0.4 is 10.5 Å². The van der Waals surface area contributed by atoms with Gasteiger partial charge < -0.3 is 10.3 Å². The second-order valence-electron chi connectivity index (χ2n) is 4.75. The fraction of sp³-hybridized carbons (Fsp3) is 0.308. The van der Waals surface area contributed by atoms with Crippen LogP contribution in [0.3, 0.4) is 0 Å². The molecule has 0 aliphatic carbocycles. The van der Waals surface area contributed by atoms with Crippen LogP contribution in [-0.2, 0) is 10.0 Å². The quantitative estimate of drug-likeness (QED) is 0.846. The summed E-state index contributed by atoms with van der Waals surface area (Å²) in [6, 6.07) is 3.36. The molecule has 0 saturated carbocycles. The van der Waals surface area contributed by atoms with E-state index in [1.165, 1.54) is 0 Å². The van der Waals surface area contributed by atoms with Crippen molar-refractivity contribution in [3.8, 4) is 0 Å². The summed E-state index contributed by atoms with van der Waals surface area (Å²) in [6.45, 7) is 7.02. The number of aryl methyl sites for hydroxylation is 2. The summed E-state index contributed by atoms with van der Waals surface area (Å²) in [6.07, 6.45) is 0. The van der Waals surface area contributed by atoms with E-state index >= 15 is 0 Å². The Bertz CT molecular complexity index is 763. The molecule has 0 aliphatic rings. The van der Waals surface area contributed by atoms with Gasteiger partial charge >= 0.3 is 0 Å². The normalized spacial score (nSPS) is 11.6. The number of benzene rings is 1. The molecule has 20 heavy (non-hydrogen) atoms. The topological polar surface area (TPSA) is 98.2 Å². The zero-order chi connectivity index (χ0) is 15.1. The van der Waals surface area contributed by atoms with Crippen molar-refractivity contribution in [2.75, 3.05) is 10.5 Å². The van der Waals surface area contributed by atoms with Crippen LogP contribution in [-0.4, -0.2) is 13.6 Å². The molecule has 108 valence electrons. The zero-order valence-corrected chi connectivity index (χ0v) is 12.6. The molecule has 0 aliphatic heterocycles. The maximum atomic E-state index is 12.5. The largest absolute Gasteiger partial charge is 0.398 e. The first-order valence-corrected chi connectivity index (χ1v) is 7.53. The van der Waals surface area contributed by atoms with Gasteiger partial charge in [0.1, 0.15) is 4.90 Å². The molecule has 1 heterocycles. The molecule has 0 amide bonds. The van der Waals surface area contributed by atoms with E-state index in [0.717, 1.165) is 5.56 Å². The summed E-state index contributed by atoms with van der Waals surface area (Å²) in [5.41, 5.74) is 8.77. The van der Waals surface area contributed by atoms with E-state index < -0.39 is 10.0 Å². The highest BCUT2D eigenvalue weighted by molar-refractivity contribution is 7.93. The molecule has 0 atom stereocenters. The van der Waals surface area contributed by atoms with E-state index in [-0.39, 0.29) is 16.5 Å². The van der Waals surface area contributed by atoms with Gasteiger partial charge in [-0.15, -0.1) is 0 Å².